The predicted octanol–water partition coefficient (Wildman–Crippen LogP) is 0.928. The lowest BCUT2D eigenvalue weighted by Gasteiger charge is -2.41. The highest BCUT2D eigenvalue weighted by molar-refractivity contribution is 7.15. The van der Waals surface area contributed by atoms with Crippen molar-refractivity contribution < 1.29 is 4.92 Å². The monoisotopic (exact) mass is 304 g/mol. The van der Waals surface area contributed by atoms with Crippen LogP contribution < -0.4 is 0 Å². The van der Waals surface area contributed by atoms with Gasteiger partial charge in [-0.3, -0.25) is 20.4 Å². The molecule has 0 radical (unpaired) electrons. The molecule has 104 valence electrons. The van der Waals surface area contributed by atoms with Crippen LogP contribution in [0.4, 0.5) is 0 Å². The van der Waals surface area contributed by atoms with Crippen LogP contribution in [0, 0.1) is 15.5 Å². The van der Waals surface area contributed by atoms with Crippen LogP contribution in [0.1, 0.15) is 4.88 Å². The molecule has 1 aromatic rings. The third kappa shape index (κ3) is 2.77. The summed E-state index contributed by atoms with van der Waals surface area (Å²) in [6.07, 6.45) is 0.647. The number of thiazole rings is 1. The molecule has 0 aromatic carbocycles. The summed E-state index contributed by atoms with van der Waals surface area (Å²) in [4.78, 5) is 20.0. The second kappa shape index (κ2) is 5.27. The molecule has 1 aliphatic heterocycles. The summed E-state index contributed by atoms with van der Waals surface area (Å²) < 4.78 is 0.448. The summed E-state index contributed by atoms with van der Waals surface area (Å²) in [5.41, 5.74) is 0. The van der Waals surface area contributed by atoms with Gasteiger partial charge in [-0.05, 0) is 7.05 Å². The van der Waals surface area contributed by atoms with E-state index in [0.29, 0.717) is 17.7 Å². The van der Waals surface area contributed by atoms with Crippen molar-refractivity contribution in [3.05, 3.63) is 25.7 Å². The summed E-state index contributed by atoms with van der Waals surface area (Å²) >= 11 is 7.10. The largest absolute Gasteiger partial charge is 0.351 e. The van der Waals surface area contributed by atoms with E-state index in [0.717, 1.165) is 4.88 Å². The van der Waals surface area contributed by atoms with Crippen LogP contribution in [0.15, 0.2) is 6.20 Å². The summed E-state index contributed by atoms with van der Waals surface area (Å²) in [5, 5.41) is 19.0. The molecule has 1 fully saturated rings. The summed E-state index contributed by atoms with van der Waals surface area (Å²) in [5.74, 6) is 0.115. The van der Waals surface area contributed by atoms with Crippen molar-refractivity contribution in [3.8, 4) is 0 Å². The Morgan fingerprint density at radius 1 is 1.68 bits per heavy atom. The third-order valence-electron chi connectivity index (χ3n) is 2.83. The second-order valence-electron chi connectivity index (χ2n) is 4.24. The second-order valence-corrected chi connectivity index (χ2v) is 5.94. The van der Waals surface area contributed by atoms with Crippen molar-refractivity contribution in [1.82, 2.24) is 19.7 Å². The van der Waals surface area contributed by atoms with E-state index in [-0.39, 0.29) is 5.96 Å². The van der Waals surface area contributed by atoms with E-state index in [1.807, 2.05) is 0 Å². The highest BCUT2D eigenvalue weighted by Crippen LogP contribution is 2.22. The number of hydrogen-bond acceptors (Lipinski definition) is 6. The number of nitro groups is 1. The molecule has 1 atom stereocenters. The first-order valence-electron chi connectivity index (χ1n) is 5.40. The number of halogens is 1. The number of aromatic nitrogens is 1. The summed E-state index contributed by atoms with van der Waals surface area (Å²) in [6.45, 7) is 0.771. The Morgan fingerprint density at radius 2 is 2.37 bits per heavy atom. The molecule has 1 N–H and O–H groups in total. The molecular weight excluding hydrogens is 292 g/mol. The van der Waals surface area contributed by atoms with Crippen LogP contribution >= 0.6 is 22.9 Å². The van der Waals surface area contributed by atoms with Crippen molar-refractivity contribution >= 4 is 28.9 Å². The first-order chi connectivity index (χ1) is 8.90. The lowest BCUT2D eigenvalue weighted by molar-refractivity contribution is -0.575. The van der Waals surface area contributed by atoms with Gasteiger partial charge in [0.25, 0.3) is 0 Å². The lowest BCUT2D eigenvalue weighted by atomic mass is 10.4. The standard InChI is InChI=1S/C9H13ClN6O2S/c1-13-5-15(4-6-3-12-7(10)19-6)8(11)14(2)9(13)16(17)18/h3,9,11H,4-5H2,1-2H3. The minimum Gasteiger partial charge on any atom is -0.324 e. The quantitative estimate of drug-likeness (QED) is 0.660. The smallest absolute Gasteiger partial charge is 0.324 e. The average Bonchev–Trinajstić information content (AvgIpc) is 2.71. The number of guanidine groups is 1. The fourth-order valence-electron chi connectivity index (χ4n) is 2.01. The van der Waals surface area contributed by atoms with Crippen LogP contribution in [-0.2, 0) is 6.54 Å². The number of hydrogen-bond donors (Lipinski definition) is 1. The lowest BCUT2D eigenvalue weighted by Crippen LogP contribution is -2.63. The molecule has 2 rings (SSSR count). The Kier molecular flexibility index (Phi) is 3.88. The maximum Gasteiger partial charge on any atom is 0.351 e. The maximum atomic E-state index is 11.0. The average molecular weight is 305 g/mol. The summed E-state index contributed by atoms with van der Waals surface area (Å²) in [7, 11) is 3.20. The van der Waals surface area contributed by atoms with Gasteiger partial charge >= 0.3 is 6.29 Å². The van der Waals surface area contributed by atoms with E-state index in [1.54, 1.807) is 23.0 Å². The third-order valence-corrected chi connectivity index (χ3v) is 3.93. The number of nitrogens with zero attached hydrogens (tertiary/aromatic N) is 5. The molecule has 1 unspecified atom stereocenters. The molecule has 19 heavy (non-hydrogen) atoms. The Labute approximate surface area is 118 Å². The molecule has 1 aromatic heterocycles. The van der Waals surface area contributed by atoms with Gasteiger partial charge in [-0.15, -0.1) is 11.3 Å². The van der Waals surface area contributed by atoms with Crippen molar-refractivity contribution in [2.45, 2.75) is 12.8 Å². The van der Waals surface area contributed by atoms with E-state index in [1.165, 1.54) is 23.3 Å². The maximum absolute atomic E-state index is 11.0. The molecule has 1 saturated heterocycles. The summed E-state index contributed by atoms with van der Waals surface area (Å²) in [6, 6.07) is 0. The van der Waals surface area contributed by atoms with E-state index >= 15 is 0 Å². The Bertz CT molecular complexity index is 509. The van der Waals surface area contributed by atoms with Gasteiger partial charge in [-0.2, -0.15) is 0 Å². The van der Waals surface area contributed by atoms with Crippen LogP contribution in [0.3, 0.4) is 0 Å². The highest BCUT2D eigenvalue weighted by Gasteiger charge is 2.39. The molecule has 2 heterocycles. The van der Waals surface area contributed by atoms with Crippen molar-refractivity contribution in [3.63, 3.8) is 0 Å². The molecule has 0 spiro atoms. The van der Waals surface area contributed by atoms with Crippen molar-refractivity contribution in [2.24, 2.45) is 0 Å². The van der Waals surface area contributed by atoms with Gasteiger partial charge in [0.15, 0.2) is 4.47 Å². The van der Waals surface area contributed by atoms with Gasteiger partial charge in [0.2, 0.25) is 5.96 Å². The molecule has 0 amide bonds. The zero-order valence-electron chi connectivity index (χ0n) is 10.4. The molecule has 0 saturated carbocycles. The fraction of sp³-hybridized carbons (Fsp3) is 0.556. The first kappa shape index (κ1) is 14.0. The van der Waals surface area contributed by atoms with Crippen LogP contribution in [0.25, 0.3) is 0 Å². The Morgan fingerprint density at radius 3 is 2.89 bits per heavy atom. The predicted molar refractivity (Wildman–Crippen MR) is 71.6 cm³/mol. The SMILES string of the molecule is CN1CN(Cc2cnc(Cl)s2)C(=N)N(C)C1[N+](=O)[O-]. The van der Waals surface area contributed by atoms with Gasteiger partial charge in [-0.1, -0.05) is 11.6 Å². The van der Waals surface area contributed by atoms with Crippen molar-refractivity contribution in [1.29, 1.82) is 5.41 Å². The van der Waals surface area contributed by atoms with E-state index in [4.69, 9.17) is 17.0 Å². The molecular formula is C9H13ClN6O2S. The number of rotatable bonds is 3. The first-order valence-corrected chi connectivity index (χ1v) is 6.60. The van der Waals surface area contributed by atoms with Crippen LogP contribution in [-0.4, -0.2) is 57.6 Å². The van der Waals surface area contributed by atoms with E-state index in [9.17, 15) is 10.1 Å². The Hall–Kier alpha value is -1.45. The molecule has 0 bridgehead atoms. The highest BCUT2D eigenvalue weighted by atomic mass is 35.5. The van der Waals surface area contributed by atoms with Gasteiger partial charge in [0, 0.05) is 18.1 Å². The zero-order chi connectivity index (χ0) is 14.2. The minimum atomic E-state index is -1.01. The van der Waals surface area contributed by atoms with Gasteiger partial charge in [-0.25, -0.2) is 9.88 Å². The van der Waals surface area contributed by atoms with Gasteiger partial charge in [0.05, 0.1) is 18.1 Å². The van der Waals surface area contributed by atoms with Crippen molar-refractivity contribution in [2.75, 3.05) is 20.8 Å². The normalized spacial score (nSPS) is 21.0. The van der Waals surface area contributed by atoms with Crippen LogP contribution in [0.2, 0.25) is 4.47 Å². The van der Waals surface area contributed by atoms with E-state index in [2.05, 4.69) is 4.98 Å². The van der Waals surface area contributed by atoms with Crippen LogP contribution in [0.5, 0.6) is 0 Å². The van der Waals surface area contributed by atoms with Gasteiger partial charge in [0.1, 0.15) is 0 Å². The number of nitrogens with one attached hydrogen (secondary N) is 1. The van der Waals surface area contributed by atoms with Gasteiger partial charge < -0.3 is 4.90 Å². The minimum absolute atomic E-state index is 0.115. The zero-order valence-corrected chi connectivity index (χ0v) is 12.0. The molecule has 1 aliphatic rings. The molecule has 8 nitrogen and oxygen atoms in total. The molecule has 10 heteroatoms. The fourth-order valence-corrected chi connectivity index (χ4v) is 3.00. The Balaban J connectivity index is 2.12. The topological polar surface area (TPSA) is 89.6 Å². The van der Waals surface area contributed by atoms with E-state index < -0.39 is 11.2 Å². The molecule has 0 aliphatic carbocycles.